The largest absolute Gasteiger partial charge is 0.402 e. The maximum Gasteiger partial charge on any atom is 0.0708 e. The summed E-state index contributed by atoms with van der Waals surface area (Å²) in [6.07, 6.45) is 10.1. The highest BCUT2D eigenvalue weighted by Crippen LogP contribution is 2.29. The molecular formula is C31H36N4. The topological polar surface area (TPSA) is 77.0 Å². The monoisotopic (exact) mass is 464 g/mol. The van der Waals surface area contributed by atoms with Gasteiger partial charge >= 0.3 is 0 Å². The molecule has 4 rings (SSSR count). The van der Waals surface area contributed by atoms with E-state index in [4.69, 9.17) is 16.5 Å². The Morgan fingerprint density at radius 3 is 2.54 bits per heavy atom. The average molecular weight is 465 g/mol. The summed E-state index contributed by atoms with van der Waals surface area (Å²) in [5, 5.41) is 3.27. The van der Waals surface area contributed by atoms with Gasteiger partial charge in [-0.1, -0.05) is 68.5 Å². The Morgan fingerprint density at radius 2 is 1.80 bits per heavy atom. The van der Waals surface area contributed by atoms with E-state index in [1.165, 1.54) is 36.8 Å². The Labute approximate surface area is 209 Å². The van der Waals surface area contributed by atoms with Gasteiger partial charge in [-0.2, -0.15) is 0 Å². The molecule has 4 heteroatoms. The third-order valence-electron chi connectivity index (χ3n) is 6.58. The van der Waals surface area contributed by atoms with Crippen LogP contribution >= 0.6 is 0 Å². The highest BCUT2D eigenvalue weighted by molar-refractivity contribution is 5.67. The quantitative estimate of drug-likeness (QED) is 0.305. The second-order valence-electron chi connectivity index (χ2n) is 9.47. The number of hydrogen-bond donors (Lipinski definition) is 3. The molecule has 2 aromatic carbocycles. The molecule has 0 aliphatic heterocycles. The van der Waals surface area contributed by atoms with Crippen molar-refractivity contribution in [3.63, 3.8) is 0 Å². The highest BCUT2D eigenvalue weighted by Gasteiger charge is 2.18. The van der Waals surface area contributed by atoms with Gasteiger partial charge in [-0.3, -0.25) is 4.98 Å². The Hall–Kier alpha value is -3.63. The summed E-state index contributed by atoms with van der Waals surface area (Å²) in [7, 11) is 0. The third kappa shape index (κ3) is 6.93. The first-order chi connectivity index (χ1) is 17.0. The van der Waals surface area contributed by atoms with Crippen LogP contribution in [-0.2, 0) is 12.8 Å². The van der Waals surface area contributed by atoms with Crippen molar-refractivity contribution in [3.8, 4) is 11.3 Å². The SMILES string of the molecule is C=CC(=C)Nc1cccc(-c2cc(Cc3ccccc3)cc(CC(N)/C=C(\N)C3CCCC3)n2)c1. The zero-order valence-electron chi connectivity index (χ0n) is 20.4. The van der Waals surface area contributed by atoms with Crippen LogP contribution in [-0.4, -0.2) is 11.0 Å². The zero-order chi connectivity index (χ0) is 24.6. The van der Waals surface area contributed by atoms with E-state index in [1.54, 1.807) is 6.08 Å². The third-order valence-corrected chi connectivity index (χ3v) is 6.58. The molecule has 1 aliphatic rings. The Kier molecular flexibility index (Phi) is 8.17. The molecule has 1 fully saturated rings. The van der Waals surface area contributed by atoms with Crippen LogP contribution in [0.5, 0.6) is 0 Å². The van der Waals surface area contributed by atoms with E-state index in [0.29, 0.717) is 12.3 Å². The van der Waals surface area contributed by atoms with Gasteiger partial charge in [0.2, 0.25) is 0 Å². The number of nitrogens with zero attached hydrogens (tertiary/aromatic N) is 1. The van der Waals surface area contributed by atoms with Gasteiger partial charge in [0.15, 0.2) is 0 Å². The van der Waals surface area contributed by atoms with Crippen molar-refractivity contribution < 1.29 is 0 Å². The van der Waals surface area contributed by atoms with Crippen molar-refractivity contribution in [1.29, 1.82) is 0 Å². The van der Waals surface area contributed by atoms with Crippen LogP contribution in [0.4, 0.5) is 5.69 Å². The molecule has 1 aliphatic carbocycles. The number of allylic oxidation sites excluding steroid dienone is 2. The number of benzene rings is 2. The number of anilines is 1. The molecule has 180 valence electrons. The average Bonchev–Trinajstić information content (AvgIpc) is 3.40. The molecule has 5 N–H and O–H groups in total. The molecule has 1 saturated carbocycles. The van der Waals surface area contributed by atoms with Crippen LogP contribution in [0.3, 0.4) is 0 Å². The highest BCUT2D eigenvalue weighted by atomic mass is 14.9. The van der Waals surface area contributed by atoms with Gasteiger partial charge in [-0.15, -0.1) is 0 Å². The minimum absolute atomic E-state index is 0.160. The first kappa shape index (κ1) is 24.5. The molecule has 35 heavy (non-hydrogen) atoms. The van der Waals surface area contributed by atoms with Crippen LogP contribution in [0.1, 0.15) is 42.5 Å². The van der Waals surface area contributed by atoms with Crippen LogP contribution < -0.4 is 16.8 Å². The number of nitrogens with two attached hydrogens (primary N) is 2. The normalized spacial score (nSPS) is 15.1. The van der Waals surface area contributed by atoms with Crippen molar-refractivity contribution in [2.24, 2.45) is 17.4 Å². The van der Waals surface area contributed by atoms with Gasteiger partial charge in [-0.25, -0.2) is 0 Å². The van der Waals surface area contributed by atoms with Crippen molar-refractivity contribution in [2.75, 3.05) is 5.32 Å². The molecular weight excluding hydrogens is 428 g/mol. The minimum Gasteiger partial charge on any atom is -0.402 e. The number of aromatic nitrogens is 1. The molecule has 1 unspecified atom stereocenters. The van der Waals surface area contributed by atoms with E-state index in [-0.39, 0.29) is 6.04 Å². The summed E-state index contributed by atoms with van der Waals surface area (Å²) in [5.74, 6) is 0.481. The lowest BCUT2D eigenvalue weighted by Crippen LogP contribution is -2.24. The summed E-state index contributed by atoms with van der Waals surface area (Å²) < 4.78 is 0. The summed E-state index contributed by atoms with van der Waals surface area (Å²) in [4.78, 5) is 5.01. The lowest BCUT2D eigenvalue weighted by atomic mass is 9.98. The van der Waals surface area contributed by atoms with E-state index in [2.05, 4.69) is 67.0 Å². The zero-order valence-corrected chi connectivity index (χ0v) is 20.4. The first-order valence-electron chi connectivity index (χ1n) is 12.5. The van der Waals surface area contributed by atoms with E-state index in [9.17, 15) is 0 Å². The summed E-state index contributed by atoms with van der Waals surface area (Å²) >= 11 is 0. The van der Waals surface area contributed by atoms with Crippen LogP contribution in [0.15, 0.2) is 103 Å². The molecule has 1 heterocycles. The van der Waals surface area contributed by atoms with E-state index in [0.717, 1.165) is 40.5 Å². The number of nitrogens with one attached hydrogen (secondary N) is 1. The van der Waals surface area contributed by atoms with Crippen LogP contribution in [0, 0.1) is 5.92 Å². The van der Waals surface area contributed by atoms with Crippen LogP contribution in [0.25, 0.3) is 11.3 Å². The fraction of sp³-hybridized carbons (Fsp3) is 0.258. The molecule has 0 saturated heterocycles. The van der Waals surface area contributed by atoms with Gasteiger partial charge < -0.3 is 16.8 Å². The maximum atomic E-state index is 6.53. The van der Waals surface area contributed by atoms with Crippen molar-refractivity contribution >= 4 is 5.69 Å². The second-order valence-corrected chi connectivity index (χ2v) is 9.47. The Morgan fingerprint density at radius 1 is 1.03 bits per heavy atom. The molecule has 1 atom stereocenters. The van der Waals surface area contributed by atoms with Gasteiger partial charge in [0.25, 0.3) is 0 Å². The predicted molar refractivity (Wildman–Crippen MR) is 148 cm³/mol. The maximum absolute atomic E-state index is 6.53. The van der Waals surface area contributed by atoms with E-state index >= 15 is 0 Å². The molecule has 0 radical (unpaired) electrons. The molecule has 3 aromatic rings. The molecule has 4 nitrogen and oxygen atoms in total. The smallest absolute Gasteiger partial charge is 0.0708 e. The molecule has 0 amide bonds. The molecule has 0 spiro atoms. The van der Waals surface area contributed by atoms with Gasteiger partial charge in [0.05, 0.1) is 5.69 Å². The summed E-state index contributed by atoms with van der Waals surface area (Å²) in [6, 6.07) is 22.9. The fourth-order valence-corrected chi connectivity index (χ4v) is 4.77. The van der Waals surface area contributed by atoms with Crippen LogP contribution in [0.2, 0.25) is 0 Å². The molecule has 1 aromatic heterocycles. The Bertz CT molecular complexity index is 1190. The summed E-state index contributed by atoms with van der Waals surface area (Å²) in [5.41, 5.74) is 21.0. The fourth-order valence-electron chi connectivity index (χ4n) is 4.77. The van der Waals surface area contributed by atoms with Crippen molar-refractivity contribution in [1.82, 2.24) is 4.98 Å². The lowest BCUT2D eigenvalue weighted by Gasteiger charge is -2.15. The lowest BCUT2D eigenvalue weighted by molar-refractivity contribution is 0.623. The van der Waals surface area contributed by atoms with Gasteiger partial charge in [-0.05, 0) is 72.7 Å². The number of rotatable bonds is 10. The molecule has 0 bridgehead atoms. The van der Waals surface area contributed by atoms with E-state index < -0.39 is 0 Å². The summed E-state index contributed by atoms with van der Waals surface area (Å²) in [6.45, 7) is 7.73. The predicted octanol–water partition coefficient (Wildman–Crippen LogP) is 6.35. The van der Waals surface area contributed by atoms with Crippen molar-refractivity contribution in [2.45, 2.75) is 44.6 Å². The second kappa shape index (κ2) is 11.7. The minimum atomic E-state index is -0.160. The number of pyridine rings is 1. The van der Waals surface area contributed by atoms with Gasteiger partial charge in [0.1, 0.15) is 0 Å². The van der Waals surface area contributed by atoms with Gasteiger partial charge in [0, 0.05) is 40.8 Å². The standard InChI is InChI=1S/C31H36N4/c1-3-22(2)34-28-15-9-14-26(19-28)31-18-24(16-23-10-5-4-6-11-23)17-29(35-31)20-27(32)21-30(33)25-12-7-8-13-25/h3-6,9-11,14-15,17-19,21,25,27,34H,1-2,7-8,12-13,16,20,32-33H2/b30-21-. The number of hydrogen-bond acceptors (Lipinski definition) is 4. The first-order valence-corrected chi connectivity index (χ1v) is 12.5. The van der Waals surface area contributed by atoms with E-state index in [1.807, 2.05) is 24.3 Å². The van der Waals surface area contributed by atoms with Crippen molar-refractivity contribution in [3.05, 3.63) is 120 Å². The Balaban J connectivity index is 1.63.